The Morgan fingerprint density at radius 3 is 2.95 bits per heavy atom. The second-order valence-electron chi connectivity index (χ2n) is 6.07. The highest BCUT2D eigenvalue weighted by molar-refractivity contribution is 5.40. The molecule has 1 aromatic rings. The molecule has 104 valence electrons. The van der Waals surface area contributed by atoms with E-state index in [2.05, 4.69) is 41.4 Å². The summed E-state index contributed by atoms with van der Waals surface area (Å²) in [6.07, 6.45) is 5.30. The minimum Gasteiger partial charge on any atom is -0.313 e. The molecule has 1 heterocycles. The summed E-state index contributed by atoms with van der Waals surface area (Å²) in [6, 6.07) is 9.65. The molecule has 19 heavy (non-hydrogen) atoms. The Hall–Kier alpha value is -0.860. The molecule has 0 aromatic heterocycles. The summed E-state index contributed by atoms with van der Waals surface area (Å²) in [5.74, 6) is 0.765. The smallest absolute Gasteiger partial charge is 0.00799 e. The van der Waals surface area contributed by atoms with Crippen LogP contribution in [0.1, 0.15) is 43.2 Å². The molecular formula is C17H26N2. The van der Waals surface area contributed by atoms with Gasteiger partial charge in [-0.05, 0) is 56.4 Å². The summed E-state index contributed by atoms with van der Waals surface area (Å²) in [5, 5.41) is 3.82. The maximum Gasteiger partial charge on any atom is 0.00799 e. The monoisotopic (exact) mass is 258 g/mol. The van der Waals surface area contributed by atoms with Crippen LogP contribution in [0.15, 0.2) is 24.3 Å². The maximum atomic E-state index is 3.82. The summed E-state index contributed by atoms with van der Waals surface area (Å²) in [4.78, 5) is 2.58. The Labute approximate surface area is 117 Å². The molecule has 2 heteroatoms. The van der Waals surface area contributed by atoms with E-state index in [1.807, 2.05) is 0 Å². The van der Waals surface area contributed by atoms with Crippen molar-refractivity contribution in [2.45, 2.75) is 44.6 Å². The number of hydrogen-bond donors (Lipinski definition) is 1. The molecule has 0 amide bonds. The standard InChI is InChI=1S/C17H26N2/c1-2-19-10-5-7-16(9-11-19)18-13-15-12-14-6-3-4-8-17(14)15/h3-4,6,8,15-16,18H,2,5,7,9-13H2,1H3. The van der Waals surface area contributed by atoms with E-state index in [9.17, 15) is 0 Å². The van der Waals surface area contributed by atoms with Gasteiger partial charge >= 0.3 is 0 Å². The minimum absolute atomic E-state index is 0.740. The van der Waals surface area contributed by atoms with E-state index in [0.29, 0.717) is 0 Å². The van der Waals surface area contributed by atoms with E-state index in [1.165, 1.54) is 51.9 Å². The van der Waals surface area contributed by atoms with Crippen LogP contribution >= 0.6 is 0 Å². The van der Waals surface area contributed by atoms with E-state index >= 15 is 0 Å². The van der Waals surface area contributed by atoms with Gasteiger partial charge in [-0.1, -0.05) is 31.2 Å². The number of fused-ring (bicyclic) bond motifs is 1. The summed E-state index contributed by atoms with van der Waals surface area (Å²) in [7, 11) is 0. The van der Waals surface area contributed by atoms with Crippen LogP contribution < -0.4 is 5.32 Å². The van der Waals surface area contributed by atoms with Gasteiger partial charge < -0.3 is 10.2 Å². The van der Waals surface area contributed by atoms with Crippen molar-refractivity contribution in [3.63, 3.8) is 0 Å². The molecule has 0 bridgehead atoms. The van der Waals surface area contributed by atoms with Crippen LogP contribution in [0.3, 0.4) is 0 Å². The van der Waals surface area contributed by atoms with Gasteiger partial charge in [-0.3, -0.25) is 0 Å². The summed E-state index contributed by atoms with van der Waals surface area (Å²) < 4.78 is 0. The van der Waals surface area contributed by atoms with Crippen molar-refractivity contribution >= 4 is 0 Å². The first kappa shape index (κ1) is 13.1. The topological polar surface area (TPSA) is 15.3 Å². The molecule has 1 aliphatic carbocycles. The molecule has 0 radical (unpaired) electrons. The van der Waals surface area contributed by atoms with Crippen molar-refractivity contribution in [3.05, 3.63) is 35.4 Å². The van der Waals surface area contributed by atoms with Gasteiger partial charge in [0.25, 0.3) is 0 Å². The van der Waals surface area contributed by atoms with E-state index < -0.39 is 0 Å². The molecule has 2 atom stereocenters. The highest BCUT2D eigenvalue weighted by atomic mass is 15.1. The minimum atomic E-state index is 0.740. The van der Waals surface area contributed by atoms with Crippen molar-refractivity contribution in [1.29, 1.82) is 0 Å². The van der Waals surface area contributed by atoms with Gasteiger partial charge in [0.05, 0.1) is 0 Å². The molecule has 3 rings (SSSR count). The largest absolute Gasteiger partial charge is 0.313 e. The van der Waals surface area contributed by atoms with Crippen LogP contribution in [0.25, 0.3) is 0 Å². The van der Waals surface area contributed by atoms with Gasteiger partial charge in [-0.25, -0.2) is 0 Å². The van der Waals surface area contributed by atoms with Crippen LogP contribution in [0.4, 0.5) is 0 Å². The number of rotatable bonds is 4. The summed E-state index contributed by atoms with van der Waals surface area (Å²) in [5.41, 5.74) is 3.14. The Bertz CT molecular complexity index is 415. The quantitative estimate of drug-likeness (QED) is 0.893. The van der Waals surface area contributed by atoms with Gasteiger partial charge in [0.2, 0.25) is 0 Å². The Kier molecular flexibility index (Phi) is 4.19. The Balaban J connectivity index is 1.46. The lowest BCUT2D eigenvalue weighted by Gasteiger charge is -2.31. The van der Waals surface area contributed by atoms with Crippen molar-refractivity contribution in [2.75, 3.05) is 26.2 Å². The van der Waals surface area contributed by atoms with Gasteiger partial charge in [0.15, 0.2) is 0 Å². The highest BCUT2D eigenvalue weighted by Crippen LogP contribution is 2.34. The van der Waals surface area contributed by atoms with Crippen molar-refractivity contribution < 1.29 is 0 Å². The average molecular weight is 258 g/mol. The normalized spacial score (nSPS) is 27.4. The maximum absolute atomic E-state index is 3.82. The van der Waals surface area contributed by atoms with E-state index in [1.54, 1.807) is 11.1 Å². The van der Waals surface area contributed by atoms with Crippen molar-refractivity contribution in [2.24, 2.45) is 0 Å². The second-order valence-corrected chi connectivity index (χ2v) is 6.07. The molecule has 1 fully saturated rings. The zero-order valence-electron chi connectivity index (χ0n) is 12.1. The van der Waals surface area contributed by atoms with Crippen LogP contribution in [0.5, 0.6) is 0 Å². The Morgan fingerprint density at radius 1 is 1.21 bits per heavy atom. The van der Waals surface area contributed by atoms with E-state index in [4.69, 9.17) is 0 Å². The van der Waals surface area contributed by atoms with E-state index in [0.717, 1.165) is 12.0 Å². The predicted molar refractivity (Wildman–Crippen MR) is 80.6 cm³/mol. The molecule has 1 saturated heterocycles. The molecular weight excluding hydrogens is 232 g/mol. The van der Waals surface area contributed by atoms with Gasteiger partial charge in [-0.15, -0.1) is 0 Å². The van der Waals surface area contributed by atoms with Crippen LogP contribution in [0, 0.1) is 0 Å². The summed E-state index contributed by atoms with van der Waals surface area (Å²) in [6.45, 7) is 7.23. The highest BCUT2D eigenvalue weighted by Gasteiger charge is 2.26. The fourth-order valence-electron chi connectivity index (χ4n) is 3.53. The number of nitrogens with zero attached hydrogens (tertiary/aromatic N) is 1. The van der Waals surface area contributed by atoms with Crippen molar-refractivity contribution in [1.82, 2.24) is 10.2 Å². The summed E-state index contributed by atoms with van der Waals surface area (Å²) >= 11 is 0. The molecule has 2 aliphatic rings. The van der Waals surface area contributed by atoms with Crippen molar-refractivity contribution in [3.8, 4) is 0 Å². The fourth-order valence-corrected chi connectivity index (χ4v) is 3.53. The number of nitrogens with one attached hydrogen (secondary N) is 1. The van der Waals surface area contributed by atoms with Gasteiger partial charge in [0.1, 0.15) is 0 Å². The van der Waals surface area contributed by atoms with Crippen LogP contribution in [-0.4, -0.2) is 37.1 Å². The molecule has 2 nitrogen and oxygen atoms in total. The lowest BCUT2D eigenvalue weighted by molar-refractivity contribution is 0.296. The molecule has 1 aromatic carbocycles. The third kappa shape index (κ3) is 3.01. The van der Waals surface area contributed by atoms with Gasteiger partial charge in [0, 0.05) is 18.5 Å². The first-order valence-corrected chi connectivity index (χ1v) is 7.90. The van der Waals surface area contributed by atoms with Crippen LogP contribution in [0.2, 0.25) is 0 Å². The first-order chi connectivity index (χ1) is 9.36. The molecule has 0 saturated carbocycles. The average Bonchev–Trinajstić information content (AvgIpc) is 2.65. The lowest BCUT2D eigenvalue weighted by atomic mass is 9.77. The number of hydrogen-bond acceptors (Lipinski definition) is 2. The third-order valence-corrected chi connectivity index (χ3v) is 4.88. The number of benzene rings is 1. The number of likely N-dealkylation sites (tertiary alicyclic amines) is 1. The van der Waals surface area contributed by atoms with Crippen LogP contribution in [-0.2, 0) is 6.42 Å². The Morgan fingerprint density at radius 2 is 2.11 bits per heavy atom. The predicted octanol–water partition coefficient (Wildman–Crippen LogP) is 2.79. The molecule has 0 spiro atoms. The zero-order valence-corrected chi connectivity index (χ0v) is 12.1. The van der Waals surface area contributed by atoms with E-state index in [-0.39, 0.29) is 0 Å². The first-order valence-electron chi connectivity index (χ1n) is 7.90. The SMILES string of the molecule is CCN1CCCC(NCC2Cc3ccccc32)CC1. The fraction of sp³-hybridized carbons (Fsp3) is 0.647. The molecule has 1 N–H and O–H groups in total. The third-order valence-electron chi connectivity index (χ3n) is 4.88. The zero-order chi connectivity index (χ0) is 13.1. The molecule has 1 aliphatic heterocycles. The second kappa shape index (κ2) is 6.06. The lowest BCUT2D eigenvalue weighted by Crippen LogP contribution is -2.36. The van der Waals surface area contributed by atoms with Gasteiger partial charge in [-0.2, -0.15) is 0 Å². The molecule has 2 unspecified atom stereocenters.